The summed E-state index contributed by atoms with van der Waals surface area (Å²) in [4.78, 5) is 19.0. The summed E-state index contributed by atoms with van der Waals surface area (Å²) in [7, 11) is -2.15. The normalized spacial score (nSPS) is 20.4. The van der Waals surface area contributed by atoms with E-state index in [0.29, 0.717) is 24.7 Å². The summed E-state index contributed by atoms with van der Waals surface area (Å²) < 4.78 is 37.6. The topological polar surface area (TPSA) is 100 Å². The number of imidazole rings is 1. The Morgan fingerprint density at radius 1 is 1.11 bits per heavy atom. The van der Waals surface area contributed by atoms with Crippen LogP contribution in [-0.4, -0.2) is 85.7 Å². The van der Waals surface area contributed by atoms with Crippen LogP contribution in [0.5, 0.6) is 0 Å². The molecule has 11 heteroatoms. The minimum atomic E-state index is -3.74. The van der Waals surface area contributed by atoms with Crippen LogP contribution in [-0.2, 0) is 26.9 Å². The molecule has 1 N–H and O–H groups in total. The molecular weight excluding hydrogens is 492 g/mol. The molecule has 1 saturated carbocycles. The monoisotopic (exact) mass is 532 g/mol. The summed E-state index contributed by atoms with van der Waals surface area (Å²) in [6.07, 6.45) is 4.14. The van der Waals surface area contributed by atoms with Crippen LogP contribution in [0.3, 0.4) is 0 Å². The van der Waals surface area contributed by atoms with Gasteiger partial charge in [0.05, 0.1) is 16.7 Å². The highest BCUT2D eigenvalue weighted by atomic mass is 32.2. The maximum atomic E-state index is 13.5. The molecule has 37 heavy (non-hydrogen) atoms. The molecule has 2 saturated heterocycles. The van der Waals surface area contributed by atoms with Crippen molar-refractivity contribution in [2.75, 3.05) is 50.7 Å². The summed E-state index contributed by atoms with van der Waals surface area (Å²) in [6, 6.07) is 5.94. The van der Waals surface area contributed by atoms with Crippen LogP contribution in [0.15, 0.2) is 18.2 Å². The average molecular weight is 533 g/mol. The maximum absolute atomic E-state index is 13.5. The van der Waals surface area contributed by atoms with Crippen LogP contribution >= 0.6 is 0 Å². The third kappa shape index (κ3) is 5.58. The molecule has 3 aliphatic rings. The lowest BCUT2D eigenvalue weighted by atomic mass is 9.94. The second-order valence-electron chi connectivity index (χ2n) is 11.6. The van der Waals surface area contributed by atoms with Gasteiger partial charge >= 0.3 is 16.2 Å². The van der Waals surface area contributed by atoms with Crippen LogP contribution in [0.4, 0.5) is 10.5 Å². The number of fused-ring (bicyclic) bond motifs is 1. The lowest BCUT2D eigenvalue weighted by molar-refractivity contribution is 0.0611. The first-order valence-corrected chi connectivity index (χ1v) is 14.8. The summed E-state index contributed by atoms with van der Waals surface area (Å²) in [5.41, 5.74) is 2.27. The van der Waals surface area contributed by atoms with Gasteiger partial charge in [-0.1, -0.05) is 20.8 Å². The number of nitrogens with zero attached hydrogens (tertiary/aromatic N) is 5. The predicted octanol–water partition coefficient (Wildman–Crippen LogP) is 2.93. The van der Waals surface area contributed by atoms with Crippen molar-refractivity contribution < 1.29 is 17.9 Å². The molecule has 2 aliphatic heterocycles. The average Bonchev–Trinajstić information content (AvgIpc) is 3.62. The van der Waals surface area contributed by atoms with E-state index in [1.54, 1.807) is 11.9 Å². The first-order valence-electron chi connectivity index (χ1n) is 13.4. The molecule has 0 bridgehead atoms. The number of urea groups is 1. The Hall–Kier alpha value is -2.37. The van der Waals surface area contributed by atoms with Gasteiger partial charge in [-0.2, -0.15) is 12.7 Å². The highest BCUT2D eigenvalue weighted by molar-refractivity contribution is 7.90. The SMILES string of the molecule is CN(c1ccc2c(c1)nc(C(C)(C)C)n2CC1CCOCC1)S(=O)(=O)N1CCN(C(=O)NC2CC2)CC1. The maximum Gasteiger partial charge on any atom is 0.317 e. The van der Waals surface area contributed by atoms with Gasteiger partial charge in [-0.25, -0.2) is 9.78 Å². The van der Waals surface area contributed by atoms with Crippen molar-refractivity contribution in [1.82, 2.24) is 24.1 Å². The predicted molar refractivity (Wildman–Crippen MR) is 144 cm³/mol. The molecule has 1 aromatic heterocycles. The minimum absolute atomic E-state index is 0.0932. The zero-order valence-electron chi connectivity index (χ0n) is 22.4. The lowest BCUT2D eigenvalue weighted by Crippen LogP contribution is -2.55. The summed E-state index contributed by atoms with van der Waals surface area (Å²) in [6.45, 7) is 10.3. The molecule has 1 aliphatic carbocycles. The van der Waals surface area contributed by atoms with E-state index in [0.717, 1.165) is 62.3 Å². The molecule has 0 spiro atoms. The van der Waals surface area contributed by atoms with Gasteiger partial charge in [0.1, 0.15) is 5.82 Å². The Balaban J connectivity index is 1.34. The number of nitrogens with one attached hydrogen (secondary N) is 1. The fourth-order valence-electron chi connectivity index (χ4n) is 5.18. The molecular formula is C26H40N6O4S. The standard InChI is InChI=1S/C26H40N6O4S/c1-26(2,3)24-28-22-17-21(7-8-23(22)32(24)18-19-9-15-36-16-10-19)29(4)37(34,35)31-13-11-30(12-14-31)25(33)27-20-5-6-20/h7-8,17,19-20H,5-6,9-16,18H2,1-4H3,(H,27,33). The van der Waals surface area contributed by atoms with Crippen molar-refractivity contribution in [1.29, 1.82) is 0 Å². The number of piperazine rings is 1. The van der Waals surface area contributed by atoms with Crippen molar-refractivity contribution >= 4 is 33.0 Å². The van der Waals surface area contributed by atoms with E-state index in [2.05, 4.69) is 30.7 Å². The van der Waals surface area contributed by atoms with Crippen LogP contribution in [0.25, 0.3) is 11.0 Å². The minimum Gasteiger partial charge on any atom is -0.381 e. The third-order valence-electron chi connectivity index (χ3n) is 7.65. The smallest absolute Gasteiger partial charge is 0.317 e. The van der Waals surface area contributed by atoms with Gasteiger partial charge in [0.2, 0.25) is 0 Å². The van der Waals surface area contributed by atoms with Crippen molar-refractivity contribution in [3.8, 4) is 0 Å². The van der Waals surface area contributed by atoms with E-state index in [1.807, 2.05) is 18.2 Å². The van der Waals surface area contributed by atoms with E-state index in [9.17, 15) is 13.2 Å². The zero-order chi connectivity index (χ0) is 26.4. The van der Waals surface area contributed by atoms with Gasteiger partial charge in [0.15, 0.2) is 0 Å². The van der Waals surface area contributed by atoms with E-state index < -0.39 is 10.2 Å². The molecule has 3 heterocycles. The van der Waals surface area contributed by atoms with Gasteiger partial charge in [-0.05, 0) is 49.8 Å². The number of aromatic nitrogens is 2. The van der Waals surface area contributed by atoms with Gasteiger partial charge in [-0.15, -0.1) is 0 Å². The quantitative estimate of drug-likeness (QED) is 0.617. The molecule has 5 rings (SSSR count). The number of carbonyl (C=O) groups is 1. The zero-order valence-corrected chi connectivity index (χ0v) is 23.3. The number of hydrogen-bond donors (Lipinski definition) is 1. The number of ether oxygens (including phenoxy) is 1. The Morgan fingerprint density at radius 3 is 2.41 bits per heavy atom. The second kappa shape index (κ2) is 10.1. The van der Waals surface area contributed by atoms with Crippen molar-refractivity contribution in [3.05, 3.63) is 24.0 Å². The van der Waals surface area contributed by atoms with Crippen molar-refractivity contribution in [2.45, 2.75) is 64.5 Å². The molecule has 0 radical (unpaired) electrons. The molecule has 1 aromatic carbocycles. The van der Waals surface area contributed by atoms with Crippen LogP contribution in [0.1, 0.15) is 52.3 Å². The van der Waals surface area contributed by atoms with Crippen molar-refractivity contribution in [3.63, 3.8) is 0 Å². The number of anilines is 1. The summed E-state index contributed by atoms with van der Waals surface area (Å²) in [5, 5.41) is 2.98. The van der Waals surface area contributed by atoms with E-state index >= 15 is 0 Å². The largest absolute Gasteiger partial charge is 0.381 e. The third-order valence-corrected chi connectivity index (χ3v) is 9.57. The molecule has 204 valence electrons. The Labute approximate surface area is 220 Å². The van der Waals surface area contributed by atoms with Gasteiger partial charge < -0.3 is 19.5 Å². The van der Waals surface area contributed by atoms with E-state index in [-0.39, 0.29) is 30.6 Å². The highest BCUT2D eigenvalue weighted by Gasteiger charge is 2.34. The van der Waals surface area contributed by atoms with Crippen molar-refractivity contribution in [2.24, 2.45) is 5.92 Å². The number of amides is 2. The first kappa shape index (κ1) is 26.2. The second-order valence-corrected chi connectivity index (χ2v) is 13.6. The Bertz CT molecular complexity index is 1240. The lowest BCUT2D eigenvalue weighted by Gasteiger charge is -2.36. The number of carbonyl (C=O) groups excluding carboxylic acids is 1. The molecule has 3 fully saturated rings. The fourth-order valence-corrected chi connectivity index (χ4v) is 6.53. The van der Waals surface area contributed by atoms with Gasteiger partial charge in [0.25, 0.3) is 0 Å². The molecule has 2 aromatic rings. The van der Waals surface area contributed by atoms with E-state index in [1.165, 1.54) is 8.61 Å². The first-order chi connectivity index (χ1) is 17.5. The summed E-state index contributed by atoms with van der Waals surface area (Å²) in [5.74, 6) is 1.55. The Morgan fingerprint density at radius 2 is 1.78 bits per heavy atom. The molecule has 0 atom stereocenters. The highest BCUT2D eigenvalue weighted by Crippen LogP contribution is 2.32. The number of benzene rings is 1. The van der Waals surface area contributed by atoms with Crippen LogP contribution in [0.2, 0.25) is 0 Å². The number of hydrogen-bond acceptors (Lipinski definition) is 5. The molecule has 2 amide bonds. The van der Waals surface area contributed by atoms with Gasteiger partial charge in [-0.3, -0.25) is 4.31 Å². The van der Waals surface area contributed by atoms with Crippen LogP contribution < -0.4 is 9.62 Å². The molecule has 0 unspecified atom stereocenters. The fraction of sp³-hybridized carbons (Fsp3) is 0.692. The van der Waals surface area contributed by atoms with Crippen LogP contribution in [0, 0.1) is 5.92 Å². The summed E-state index contributed by atoms with van der Waals surface area (Å²) >= 11 is 0. The molecule has 10 nitrogen and oxygen atoms in total. The number of rotatable bonds is 6. The Kier molecular flexibility index (Phi) is 7.14. The van der Waals surface area contributed by atoms with E-state index in [4.69, 9.17) is 9.72 Å². The van der Waals surface area contributed by atoms with Gasteiger partial charge in [0, 0.05) is 64.4 Å².